The summed E-state index contributed by atoms with van der Waals surface area (Å²) >= 11 is 0. The van der Waals surface area contributed by atoms with Gasteiger partial charge in [-0.05, 0) is 56.1 Å². The van der Waals surface area contributed by atoms with Crippen LogP contribution in [0.3, 0.4) is 0 Å². The molecule has 1 aromatic carbocycles. The van der Waals surface area contributed by atoms with Crippen molar-refractivity contribution in [3.63, 3.8) is 0 Å². The number of carbonyl (C=O) groups is 2. The summed E-state index contributed by atoms with van der Waals surface area (Å²) in [6, 6.07) is 7.14. The van der Waals surface area contributed by atoms with Crippen LogP contribution in [0.1, 0.15) is 33.1 Å². The van der Waals surface area contributed by atoms with Gasteiger partial charge in [-0.2, -0.15) is 0 Å². The highest BCUT2D eigenvalue weighted by atomic mass is 35.5. The Bertz CT molecular complexity index is 569. The molecule has 0 radical (unpaired) electrons. The summed E-state index contributed by atoms with van der Waals surface area (Å²) in [7, 11) is 1.58. The first-order valence-corrected chi connectivity index (χ1v) is 8.42. The van der Waals surface area contributed by atoms with E-state index in [1.54, 1.807) is 31.4 Å². The van der Waals surface area contributed by atoms with E-state index in [1.807, 2.05) is 13.8 Å². The van der Waals surface area contributed by atoms with Crippen molar-refractivity contribution in [1.29, 1.82) is 0 Å². The molecule has 0 unspecified atom stereocenters. The minimum atomic E-state index is -0.768. The molecule has 140 valence electrons. The molecular formula is C18H28ClN3O3. The fraction of sp³-hybridized carbons (Fsp3) is 0.556. The molecule has 0 saturated carbocycles. The monoisotopic (exact) mass is 369 g/mol. The third-order valence-electron chi connectivity index (χ3n) is 4.24. The third kappa shape index (κ3) is 5.99. The quantitative estimate of drug-likeness (QED) is 0.720. The van der Waals surface area contributed by atoms with Gasteiger partial charge in [-0.25, -0.2) is 0 Å². The van der Waals surface area contributed by atoms with Gasteiger partial charge in [-0.15, -0.1) is 12.4 Å². The van der Waals surface area contributed by atoms with Crippen molar-refractivity contribution in [2.24, 2.45) is 5.92 Å². The number of hydrogen-bond donors (Lipinski definition) is 3. The lowest BCUT2D eigenvalue weighted by Crippen LogP contribution is -2.51. The van der Waals surface area contributed by atoms with Gasteiger partial charge in [0.25, 0.3) is 5.91 Å². The average Bonchev–Trinajstić information content (AvgIpc) is 2.56. The Hall–Kier alpha value is -1.63. The Kier molecular flexibility index (Phi) is 8.35. The minimum absolute atomic E-state index is 0. The first-order chi connectivity index (χ1) is 11.4. The Morgan fingerprint density at radius 2 is 1.64 bits per heavy atom. The highest BCUT2D eigenvalue weighted by molar-refractivity contribution is 5.98. The molecule has 3 N–H and O–H groups in total. The van der Waals surface area contributed by atoms with E-state index in [-0.39, 0.29) is 24.2 Å². The number of benzene rings is 1. The predicted octanol–water partition coefficient (Wildman–Crippen LogP) is 2.80. The fourth-order valence-electron chi connectivity index (χ4n) is 2.82. The highest BCUT2D eigenvalue weighted by Gasteiger charge is 2.39. The first kappa shape index (κ1) is 21.4. The van der Waals surface area contributed by atoms with Crippen molar-refractivity contribution in [2.75, 3.05) is 30.8 Å². The van der Waals surface area contributed by atoms with Crippen LogP contribution in [0, 0.1) is 5.92 Å². The van der Waals surface area contributed by atoms with Gasteiger partial charge in [0.05, 0.1) is 0 Å². The fourth-order valence-corrected chi connectivity index (χ4v) is 2.82. The molecule has 1 fully saturated rings. The normalized spacial score (nSPS) is 16.0. The lowest BCUT2D eigenvalue weighted by molar-refractivity contribution is -0.140. The summed E-state index contributed by atoms with van der Waals surface area (Å²) in [4.78, 5) is 24.3. The third-order valence-corrected chi connectivity index (χ3v) is 4.24. The maximum atomic E-state index is 12.6. The average molecular weight is 370 g/mol. The Balaban J connectivity index is 0.00000312. The lowest BCUT2D eigenvalue weighted by atomic mass is 9.91. The van der Waals surface area contributed by atoms with Crippen molar-refractivity contribution in [3.05, 3.63) is 24.3 Å². The number of hydrogen-bond acceptors (Lipinski definition) is 4. The van der Waals surface area contributed by atoms with Crippen molar-refractivity contribution in [3.8, 4) is 0 Å². The summed E-state index contributed by atoms with van der Waals surface area (Å²) in [6.45, 7) is 5.54. The zero-order valence-electron chi connectivity index (χ0n) is 15.1. The Morgan fingerprint density at radius 3 is 2.12 bits per heavy atom. The molecule has 2 amide bonds. The summed E-state index contributed by atoms with van der Waals surface area (Å²) in [5.41, 5.74) is 0.647. The van der Waals surface area contributed by atoms with Gasteiger partial charge in [-0.1, -0.05) is 13.8 Å². The van der Waals surface area contributed by atoms with Crippen LogP contribution in [0.5, 0.6) is 0 Å². The molecule has 2 rings (SSSR count). The van der Waals surface area contributed by atoms with Gasteiger partial charge in [0.2, 0.25) is 5.91 Å². The van der Waals surface area contributed by atoms with Crippen LogP contribution >= 0.6 is 12.4 Å². The van der Waals surface area contributed by atoms with Crippen LogP contribution in [0.25, 0.3) is 0 Å². The SMILES string of the molecule is COC1(C(=O)Nc2ccc(NC(=O)CC(C)C)cc2)CCNCC1.Cl. The molecule has 1 aliphatic rings. The summed E-state index contributed by atoms with van der Waals surface area (Å²) in [5.74, 6) is 0.191. The van der Waals surface area contributed by atoms with Gasteiger partial charge in [0, 0.05) is 24.9 Å². The largest absolute Gasteiger partial charge is 0.368 e. The molecule has 1 aliphatic heterocycles. The highest BCUT2D eigenvalue weighted by Crippen LogP contribution is 2.25. The number of anilines is 2. The number of ether oxygens (including phenoxy) is 1. The van der Waals surface area contributed by atoms with E-state index in [2.05, 4.69) is 16.0 Å². The molecule has 1 heterocycles. The second kappa shape index (κ2) is 9.75. The maximum Gasteiger partial charge on any atom is 0.256 e. The molecule has 0 aliphatic carbocycles. The zero-order valence-corrected chi connectivity index (χ0v) is 15.9. The Morgan fingerprint density at radius 1 is 1.12 bits per heavy atom. The van der Waals surface area contributed by atoms with E-state index in [0.717, 1.165) is 18.8 Å². The number of amides is 2. The van der Waals surface area contributed by atoms with Gasteiger partial charge in [-0.3, -0.25) is 9.59 Å². The van der Waals surface area contributed by atoms with Crippen molar-refractivity contribution in [1.82, 2.24) is 5.32 Å². The van der Waals surface area contributed by atoms with Crippen LogP contribution in [-0.4, -0.2) is 37.6 Å². The summed E-state index contributed by atoms with van der Waals surface area (Å²) in [5, 5.41) is 8.99. The van der Waals surface area contributed by atoms with Gasteiger partial charge in [0.1, 0.15) is 5.60 Å². The molecule has 1 aromatic rings. The van der Waals surface area contributed by atoms with Crippen LogP contribution in [0.15, 0.2) is 24.3 Å². The number of rotatable bonds is 6. The molecule has 25 heavy (non-hydrogen) atoms. The smallest absolute Gasteiger partial charge is 0.256 e. The molecule has 0 bridgehead atoms. The zero-order chi connectivity index (χ0) is 17.6. The number of carbonyl (C=O) groups excluding carboxylic acids is 2. The molecule has 0 spiro atoms. The second-order valence-electron chi connectivity index (χ2n) is 6.63. The van der Waals surface area contributed by atoms with E-state index >= 15 is 0 Å². The van der Waals surface area contributed by atoms with E-state index in [9.17, 15) is 9.59 Å². The predicted molar refractivity (Wildman–Crippen MR) is 102 cm³/mol. The van der Waals surface area contributed by atoms with Crippen molar-refractivity contribution in [2.45, 2.75) is 38.7 Å². The number of nitrogens with one attached hydrogen (secondary N) is 3. The van der Waals surface area contributed by atoms with Crippen LogP contribution < -0.4 is 16.0 Å². The van der Waals surface area contributed by atoms with Crippen LogP contribution in [0.4, 0.5) is 11.4 Å². The van der Waals surface area contributed by atoms with E-state index in [1.165, 1.54) is 0 Å². The lowest BCUT2D eigenvalue weighted by Gasteiger charge is -2.34. The summed E-state index contributed by atoms with van der Waals surface area (Å²) in [6.07, 6.45) is 1.79. The Labute approximate surface area is 155 Å². The first-order valence-electron chi connectivity index (χ1n) is 8.42. The van der Waals surface area contributed by atoms with Gasteiger partial charge in [0.15, 0.2) is 0 Å². The van der Waals surface area contributed by atoms with Crippen LogP contribution in [0.2, 0.25) is 0 Å². The molecule has 0 aromatic heterocycles. The number of piperidine rings is 1. The molecule has 1 saturated heterocycles. The molecular weight excluding hydrogens is 342 g/mol. The molecule has 0 atom stereocenters. The minimum Gasteiger partial charge on any atom is -0.368 e. The van der Waals surface area contributed by atoms with Crippen LogP contribution in [-0.2, 0) is 14.3 Å². The number of methoxy groups -OCH3 is 1. The molecule has 7 heteroatoms. The van der Waals surface area contributed by atoms with Crippen molar-refractivity contribution >= 4 is 35.6 Å². The van der Waals surface area contributed by atoms with E-state index in [0.29, 0.717) is 30.9 Å². The van der Waals surface area contributed by atoms with E-state index in [4.69, 9.17) is 4.74 Å². The van der Waals surface area contributed by atoms with Gasteiger partial charge < -0.3 is 20.7 Å². The number of halogens is 1. The standard InChI is InChI=1S/C18H27N3O3.ClH/c1-13(2)12-16(22)20-14-4-6-15(7-5-14)21-17(23)18(24-3)8-10-19-11-9-18;/h4-7,13,19H,8-12H2,1-3H3,(H,20,22)(H,21,23);1H. The molecule has 6 nitrogen and oxygen atoms in total. The summed E-state index contributed by atoms with van der Waals surface area (Å²) < 4.78 is 5.52. The topological polar surface area (TPSA) is 79.5 Å². The van der Waals surface area contributed by atoms with Gasteiger partial charge >= 0.3 is 0 Å². The van der Waals surface area contributed by atoms with Crippen molar-refractivity contribution < 1.29 is 14.3 Å². The van der Waals surface area contributed by atoms with E-state index < -0.39 is 5.60 Å². The maximum absolute atomic E-state index is 12.6. The second-order valence-corrected chi connectivity index (χ2v) is 6.63.